The molecular weight excluding hydrogens is 134 g/mol. The van der Waals surface area contributed by atoms with E-state index in [4.69, 9.17) is 5.73 Å². The van der Waals surface area contributed by atoms with Crippen LogP contribution in [0.3, 0.4) is 0 Å². The van der Waals surface area contributed by atoms with Gasteiger partial charge in [-0.05, 0) is 31.2 Å². The van der Waals surface area contributed by atoms with Crippen LogP contribution in [-0.4, -0.2) is 6.54 Å². The van der Waals surface area contributed by atoms with Crippen LogP contribution < -0.4 is 5.73 Å². The summed E-state index contributed by atoms with van der Waals surface area (Å²) in [5, 5.41) is 0. The van der Waals surface area contributed by atoms with Crippen molar-refractivity contribution in [1.29, 1.82) is 0 Å². The van der Waals surface area contributed by atoms with Crippen molar-refractivity contribution in [1.82, 2.24) is 0 Å². The van der Waals surface area contributed by atoms with Crippen LogP contribution in [0.5, 0.6) is 0 Å². The van der Waals surface area contributed by atoms with Gasteiger partial charge in [0.1, 0.15) is 0 Å². The summed E-state index contributed by atoms with van der Waals surface area (Å²) in [7, 11) is 0. The number of unbranched alkanes of at least 4 members (excludes halogenated alkanes) is 2. The number of hydrogen-bond acceptors (Lipinski definition) is 1. The van der Waals surface area contributed by atoms with Crippen molar-refractivity contribution in [3.8, 4) is 0 Å². The highest BCUT2D eigenvalue weighted by Gasteiger charge is 2.28. The Labute approximate surface area is 70.4 Å². The predicted molar refractivity (Wildman–Crippen MR) is 49.4 cm³/mol. The summed E-state index contributed by atoms with van der Waals surface area (Å²) in [6.45, 7) is 3.19. The molecule has 1 fully saturated rings. The van der Waals surface area contributed by atoms with Gasteiger partial charge in [-0.2, -0.15) is 0 Å². The molecule has 0 aromatic carbocycles. The third-order valence-electron chi connectivity index (χ3n) is 3.06. The van der Waals surface area contributed by atoms with Crippen LogP contribution in [0.1, 0.15) is 45.4 Å². The maximum absolute atomic E-state index is 5.63. The van der Waals surface area contributed by atoms with E-state index in [2.05, 4.69) is 6.92 Å². The van der Waals surface area contributed by atoms with Crippen molar-refractivity contribution < 1.29 is 0 Å². The van der Waals surface area contributed by atoms with Gasteiger partial charge in [0.2, 0.25) is 0 Å². The molecule has 1 aliphatic rings. The largest absolute Gasteiger partial charge is 0.330 e. The molecular formula is C10H21N. The lowest BCUT2D eigenvalue weighted by Crippen LogP contribution is -2.32. The average molecular weight is 155 g/mol. The molecule has 0 aromatic rings. The van der Waals surface area contributed by atoms with Gasteiger partial charge in [-0.25, -0.2) is 0 Å². The highest BCUT2D eigenvalue weighted by atomic mass is 14.6. The number of rotatable bonds is 5. The van der Waals surface area contributed by atoms with E-state index in [1.807, 2.05) is 0 Å². The molecule has 2 atom stereocenters. The second-order valence-corrected chi connectivity index (χ2v) is 3.83. The summed E-state index contributed by atoms with van der Waals surface area (Å²) < 4.78 is 0. The van der Waals surface area contributed by atoms with Crippen molar-refractivity contribution in [2.24, 2.45) is 17.6 Å². The van der Waals surface area contributed by atoms with Crippen LogP contribution in [-0.2, 0) is 0 Å². The Hall–Kier alpha value is -0.0400. The van der Waals surface area contributed by atoms with Crippen molar-refractivity contribution in [3.63, 3.8) is 0 Å². The third-order valence-corrected chi connectivity index (χ3v) is 3.06. The molecule has 1 rings (SSSR count). The fourth-order valence-corrected chi connectivity index (χ4v) is 1.98. The Morgan fingerprint density at radius 1 is 1.18 bits per heavy atom. The van der Waals surface area contributed by atoms with E-state index < -0.39 is 0 Å². The van der Waals surface area contributed by atoms with Gasteiger partial charge in [-0.15, -0.1) is 0 Å². The molecule has 0 spiro atoms. The van der Waals surface area contributed by atoms with Gasteiger partial charge in [-0.1, -0.05) is 32.6 Å². The zero-order valence-corrected chi connectivity index (χ0v) is 7.68. The van der Waals surface area contributed by atoms with Gasteiger partial charge >= 0.3 is 0 Å². The van der Waals surface area contributed by atoms with E-state index in [1.54, 1.807) is 0 Å². The Balaban J connectivity index is 1.98. The molecule has 1 saturated carbocycles. The number of nitrogens with two attached hydrogens (primary N) is 1. The van der Waals surface area contributed by atoms with Crippen molar-refractivity contribution >= 4 is 0 Å². The molecule has 2 unspecified atom stereocenters. The molecule has 0 aliphatic heterocycles. The van der Waals surface area contributed by atoms with Crippen LogP contribution in [0, 0.1) is 11.8 Å². The smallest absolute Gasteiger partial charge is 0.00462 e. The highest BCUT2D eigenvalue weighted by molar-refractivity contribution is 4.80. The Bertz CT molecular complexity index is 99.0. The zero-order chi connectivity index (χ0) is 8.10. The molecule has 0 radical (unpaired) electrons. The monoisotopic (exact) mass is 155 g/mol. The highest BCUT2D eigenvalue weighted by Crippen LogP contribution is 2.36. The van der Waals surface area contributed by atoms with E-state index in [9.17, 15) is 0 Å². The summed E-state index contributed by atoms with van der Waals surface area (Å²) in [5.41, 5.74) is 5.63. The molecule has 11 heavy (non-hydrogen) atoms. The lowest BCUT2D eigenvalue weighted by Gasteiger charge is -2.35. The van der Waals surface area contributed by atoms with Crippen LogP contribution >= 0.6 is 0 Å². The van der Waals surface area contributed by atoms with Crippen LogP contribution in [0.2, 0.25) is 0 Å². The van der Waals surface area contributed by atoms with Crippen LogP contribution in [0.4, 0.5) is 0 Å². The molecule has 1 nitrogen and oxygen atoms in total. The van der Waals surface area contributed by atoms with Crippen LogP contribution in [0.25, 0.3) is 0 Å². The van der Waals surface area contributed by atoms with E-state index in [-0.39, 0.29) is 0 Å². The van der Waals surface area contributed by atoms with Crippen molar-refractivity contribution in [2.45, 2.75) is 45.4 Å². The fourth-order valence-electron chi connectivity index (χ4n) is 1.98. The van der Waals surface area contributed by atoms with Gasteiger partial charge in [0.05, 0.1) is 0 Å². The maximum Gasteiger partial charge on any atom is -0.00462 e. The maximum atomic E-state index is 5.63. The molecule has 66 valence electrons. The molecule has 0 saturated heterocycles. The standard InChI is InChI=1S/C10H21N/c1-2-3-4-5-9-6-7-10(9)8-11/h9-10H,2-8,11H2,1H3. The summed E-state index contributed by atoms with van der Waals surface area (Å²) in [6.07, 6.45) is 8.47. The van der Waals surface area contributed by atoms with E-state index in [0.717, 1.165) is 18.4 Å². The molecule has 1 heteroatoms. The van der Waals surface area contributed by atoms with Gasteiger partial charge in [0.15, 0.2) is 0 Å². The van der Waals surface area contributed by atoms with Crippen LogP contribution in [0.15, 0.2) is 0 Å². The van der Waals surface area contributed by atoms with Crippen molar-refractivity contribution in [2.75, 3.05) is 6.54 Å². The second kappa shape index (κ2) is 4.76. The molecule has 0 bridgehead atoms. The minimum absolute atomic E-state index is 0.881. The average Bonchev–Trinajstić information content (AvgIpc) is 1.97. The van der Waals surface area contributed by atoms with E-state index in [0.29, 0.717) is 0 Å². The lowest BCUT2D eigenvalue weighted by atomic mass is 9.71. The predicted octanol–water partition coefficient (Wildman–Crippen LogP) is 2.55. The van der Waals surface area contributed by atoms with Gasteiger partial charge in [0, 0.05) is 0 Å². The minimum Gasteiger partial charge on any atom is -0.330 e. The Kier molecular flexibility index (Phi) is 3.92. The number of hydrogen-bond donors (Lipinski definition) is 1. The minimum atomic E-state index is 0.881. The lowest BCUT2D eigenvalue weighted by molar-refractivity contribution is 0.167. The fraction of sp³-hybridized carbons (Fsp3) is 1.00. The van der Waals surface area contributed by atoms with Crippen molar-refractivity contribution in [3.05, 3.63) is 0 Å². The van der Waals surface area contributed by atoms with Gasteiger partial charge < -0.3 is 5.73 Å². The summed E-state index contributed by atoms with van der Waals surface area (Å²) in [6, 6.07) is 0. The first-order valence-electron chi connectivity index (χ1n) is 5.08. The quantitative estimate of drug-likeness (QED) is 0.607. The zero-order valence-electron chi connectivity index (χ0n) is 7.68. The van der Waals surface area contributed by atoms with Gasteiger partial charge in [-0.3, -0.25) is 0 Å². The molecule has 0 heterocycles. The Morgan fingerprint density at radius 3 is 2.36 bits per heavy atom. The normalized spacial score (nSPS) is 30.0. The summed E-state index contributed by atoms with van der Waals surface area (Å²) >= 11 is 0. The first-order valence-corrected chi connectivity index (χ1v) is 5.08. The van der Waals surface area contributed by atoms with E-state index in [1.165, 1.54) is 38.5 Å². The summed E-state index contributed by atoms with van der Waals surface area (Å²) in [5.74, 6) is 1.87. The first kappa shape index (κ1) is 9.05. The SMILES string of the molecule is CCCCCC1CCC1CN. The summed E-state index contributed by atoms with van der Waals surface area (Å²) in [4.78, 5) is 0. The Morgan fingerprint density at radius 2 is 1.91 bits per heavy atom. The second-order valence-electron chi connectivity index (χ2n) is 3.83. The molecule has 1 aliphatic carbocycles. The third kappa shape index (κ3) is 2.48. The first-order chi connectivity index (χ1) is 5.38. The van der Waals surface area contributed by atoms with E-state index >= 15 is 0 Å². The molecule has 2 N–H and O–H groups in total. The van der Waals surface area contributed by atoms with Gasteiger partial charge in [0.25, 0.3) is 0 Å². The molecule has 0 amide bonds. The topological polar surface area (TPSA) is 26.0 Å². The molecule has 0 aromatic heterocycles.